The summed E-state index contributed by atoms with van der Waals surface area (Å²) < 4.78 is 2.30. The first-order valence-electron chi connectivity index (χ1n) is 10.9. The predicted octanol–water partition coefficient (Wildman–Crippen LogP) is 7.28. The zero-order chi connectivity index (χ0) is 21.9. The van der Waals surface area contributed by atoms with Crippen LogP contribution in [0, 0.1) is 11.3 Å². The van der Waals surface area contributed by atoms with Crippen molar-refractivity contribution in [3.63, 3.8) is 0 Å². The Bertz CT molecular complexity index is 1440. The molecule has 0 saturated heterocycles. The van der Waals surface area contributed by atoms with Gasteiger partial charge in [0.05, 0.1) is 22.7 Å². The van der Waals surface area contributed by atoms with Gasteiger partial charge in [-0.1, -0.05) is 43.3 Å². The molecule has 0 aliphatic carbocycles. The van der Waals surface area contributed by atoms with Gasteiger partial charge in [-0.15, -0.1) is 11.8 Å². The van der Waals surface area contributed by atoms with Gasteiger partial charge in [-0.05, 0) is 77.0 Å². The van der Waals surface area contributed by atoms with Gasteiger partial charge >= 0.3 is 0 Å². The first-order valence-corrected chi connectivity index (χ1v) is 11.8. The molecule has 5 aromatic rings. The number of fused-ring (bicyclic) bond motifs is 2. The van der Waals surface area contributed by atoms with Gasteiger partial charge in [0.2, 0.25) is 0 Å². The van der Waals surface area contributed by atoms with Gasteiger partial charge in [0.15, 0.2) is 0 Å². The standard InChI is InChI=1S/C28H23N3S/c1-2-15-32-25-13-14-26-27(17-25)31(28(30-26)23-11-7-20(18-29)8-12-23)19-21-9-10-22-5-3-4-6-24(22)16-21/h3-14,16-17H,2,15,19H2,1H3. The molecule has 4 aromatic carbocycles. The van der Waals surface area contributed by atoms with Crippen molar-refractivity contribution in [3.8, 4) is 17.5 Å². The molecule has 0 atom stereocenters. The normalized spacial score (nSPS) is 11.1. The quantitative estimate of drug-likeness (QED) is 0.264. The minimum atomic E-state index is 0.657. The van der Waals surface area contributed by atoms with Gasteiger partial charge in [0, 0.05) is 17.0 Å². The highest BCUT2D eigenvalue weighted by Gasteiger charge is 2.14. The van der Waals surface area contributed by atoms with E-state index in [9.17, 15) is 5.26 Å². The van der Waals surface area contributed by atoms with Gasteiger partial charge in [-0.2, -0.15) is 5.26 Å². The molecule has 1 heterocycles. The third-order valence-electron chi connectivity index (χ3n) is 5.62. The molecule has 0 N–H and O–H groups in total. The van der Waals surface area contributed by atoms with Crippen molar-refractivity contribution >= 4 is 33.6 Å². The number of hydrogen-bond acceptors (Lipinski definition) is 3. The van der Waals surface area contributed by atoms with E-state index in [1.807, 2.05) is 36.0 Å². The third-order valence-corrected chi connectivity index (χ3v) is 6.82. The van der Waals surface area contributed by atoms with Gasteiger partial charge in [0.1, 0.15) is 5.82 Å². The van der Waals surface area contributed by atoms with Crippen LogP contribution in [-0.4, -0.2) is 15.3 Å². The lowest BCUT2D eigenvalue weighted by atomic mass is 10.1. The molecular formula is C28H23N3S. The molecule has 0 fully saturated rings. The molecular weight excluding hydrogens is 410 g/mol. The van der Waals surface area contributed by atoms with Crippen LogP contribution in [0.4, 0.5) is 0 Å². The van der Waals surface area contributed by atoms with Gasteiger partial charge in [-0.3, -0.25) is 0 Å². The first kappa shape index (κ1) is 20.4. The largest absolute Gasteiger partial charge is 0.319 e. The van der Waals surface area contributed by atoms with Gasteiger partial charge in [0.25, 0.3) is 0 Å². The van der Waals surface area contributed by atoms with Crippen molar-refractivity contribution in [2.45, 2.75) is 24.8 Å². The summed E-state index contributed by atoms with van der Waals surface area (Å²) in [5, 5.41) is 11.7. The second-order valence-corrected chi connectivity index (χ2v) is 9.06. The Morgan fingerprint density at radius 3 is 2.50 bits per heavy atom. The van der Waals surface area contributed by atoms with Crippen LogP contribution >= 0.6 is 11.8 Å². The van der Waals surface area contributed by atoms with Crippen LogP contribution in [0.2, 0.25) is 0 Å². The maximum atomic E-state index is 9.18. The monoisotopic (exact) mass is 433 g/mol. The first-order chi connectivity index (χ1) is 15.7. The van der Waals surface area contributed by atoms with Crippen LogP contribution in [0.5, 0.6) is 0 Å². The van der Waals surface area contributed by atoms with Crippen molar-refractivity contribution in [2.75, 3.05) is 5.75 Å². The van der Waals surface area contributed by atoms with E-state index >= 15 is 0 Å². The minimum absolute atomic E-state index is 0.657. The van der Waals surface area contributed by atoms with Crippen LogP contribution in [0.25, 0.3) is 33.2 Å². The van der Waals surface area contributed by atoms with Crippen molar-refractivity contribution in [2.24, 2.45) is 0 Å². The molecule has 0 spiro atoms. The molecule has 0 bridgehead atoms. The maximum Gasteiger partial charge on any atom is 0.141 e. The van der Waals surface area contributed by atoms with E-state index in [1.54, 1.807) is 0 Å². The maximum absolute atomic E-state index is 9.18. The molecule has 4 heteroatoms. The fraction of sp³-hybridized carbons (Fsp3) is 0.143. The molecule has 0 amide bonds. The Morgan fingerprint density at radius 2 is 1.72 bits per heavy atom. The van der Waals surface area contributed by atoms with Crippen molar-refractivity contribution in [3.05, 3.63) is 96.1 Å². The van der Waals surface area contributed by atoms with Crippen molar-refractivity contribution < 1.29 is 0 Å². The van der Waals surface area contributed by atoms with E-state index in [1.165, 1.54) is 21.2 Å². The molecule has 5 rings (SSSR count). The number of rotatable bonds is 6. The smallest absolute Gasteiger partial charge is 0.141 e. The Labute approximate surface area is 192 Å². The number of thioether (sulfide) groups is 1. The summed E-state index contributed by atoms with van der Waals surface area (Å²) in [4.78, 5) is 6.26. The van der Waals surface area contributed by atoms with E-state index < -0.39 is 0 Å². The summed E-state index contributed by atoms with van der Waals surface area (Å²) in [6, 6.07) is 31.6. The summed E-state index contributed by atoms with van der Waals surface area (Å²) in [5.41, 5.74) is 5.04. The third kappa shape index (κ3) is 4.00. The lowest BCUT2D eigenvalue weighted by Crippen LogP contribution is -2.02. The lowest BCUT2D eigenvalue weighted by molar-refractivity contribution is 0.835. The summed E-state index contributed by atoms with van der Waals surface area (Å²) in [7, 11) is 0. The Hall–Kier alpha value is -3.55. The van der Waals surface area contributed by atoms with Crippen LogP contribution in [-0.2, 0) is 6.54 Å². The molecule has 3 nitrogen and oxygen atoms in total. The van der Waals surface area contributed by atoms with E-state index in [2.05, 4.69) is 78.2 Å². The summed E-state index contributed by atoms with van der Waals surface area (Å²) in [6.45, 7) is 2.94. The van der Waals surface area contributed by atoms with E-state index in [4.69, 9.17) is 4.98 Å². The molecule has 0 radical (unpaired) electrons. The highest BCUT2D eigenvalue weighted by Crippen LogP contribution is 2.30. The fourth-order valence-corrected chi connectivity index (χ4v) is 4.81. The number of imidazole rings is 1. The zero-order valence-corrected chi connectivity index (χ0v) is 18.8. The molecule has 0 aliphatic heterocycles. The van der Waals surface area contributed by atoms with Crippen LogP contribution in [0.15, 0.2) is 89.8 Å². The molecule has 0 aliphatic rings. The highest BCUT2D eigenvalue weighted by molar-refractivity contribution is 7.99. The molecule has 156 valence electrons. The van der Waals surface area contributed by atoms with E-state index in [-0.39, 0.29) is 0 Å². The minimum Gasteiger partial charge on any atom is -0.319 e. The molecule has 0 unspecified atom stereocenters. The fourth-order valence-electron chi connectivity index (χ4n) is 4.01. The van der Waals surface area contributed by atoms with Crippen molar-refractivity contribution in [1.82, 2.24) is 9.55 Å². The molecule has 32 heavy (non-hydrogen) atoms. The summed E-state index contributed by atoms with van der Waals surface area (Å²) in [6.07, 6.45) is 1.15. The van der Waals surface area contributed by atoms with Crippen LogP contribution in [0.3, 0.4) is 0 Å². The average Bonchev–Trinajstić information content (AvgIpc) is 3.20. The lowest BCUT2D eigenvalue weighted by Gasteiger charge is -2.11. The molecule has 1 aromatic heterocycles. The number of nitriles is 1. The van der Waals surface area contributed by atoms with Crippen LogP contribution < -0.4 is 0 Å². The second-order valence-electron chi connectivity index (χ2n) is 7.89. The number of benzene rings is 4. The van der Waals surface area contributed by atoms with Gasteiger partial charge < -0.3 is 4.57 Å². The number of nitrogens with zero attached hydrogens (tertiary/aromatic N) is 3. The Kier molecular flexibility index (Phi) is 5.66. The number of aromatic nitrogens is 2. The predicted molar refractivity (Wildman–Crippen MR) is 134 cm³/mol. The highest BCUT2D eigenvalue weighted by atomic mass is 32.2. The van der Waals surface area contributed by atoms with Gasteiger partial charge in [-0.25, -0.2) is 4.98 Å². The Balaban J connectivity index is 1.64. The second kappa shape index (κ2) is 8.90. The average molecular weight is 434 g/mol. The van der Waals surface area contributed by atoms with Crippen molar-refractivity contribution in [1.29, 1.82) is 5.26 Å². The summed E-state index contributed by atoms with van der Waals surface area (Å²) in [5.74, 6) is 2.03. The van der Waals surface area contributed by atoms with E-state index in [0.29, 0.717) is 5.56 Å². The SMILES string of the molecule is CCCSc1ccc2nc(-c3ccc(C#N)cc3)n(Cc3ccc4ccccc4c3)c2c1. The molecule has 0 saturated carbocycles. The number of hydrogen-bond donors (Lipinski definition) is 0. The van der Waals surface area contributed by atoms with E-state index in [0.717, 1.165) is 41.1 Å². The topological polar surface area (TPSA) is 41.6 Å². The Morgan fingerprint density at radius 1 is 0.906 bits per heavy atom. The zero-order valence-electron chi connectivity index (χ0n) is 18.0. The van der Waals surface area contributed by atoms with Crippen LogP contribution in [0.1, 0.15) is 24.5 Å². The summed E-state index contributed by atoms with van der Waals surface area (Å²) >= 11 is 1.88.